The van der Waals surface area contributed by atoms with Gasteiger partial charge in [0.25, 0.3) is 0 Å². The lowest BCUT2D eigenvalue weighted by Crippen LogP contribution is -2.17. The first-order valence-electron chi connectivity index (χ1n) is 10.1. The summed E-state index contributed by atoms with van der Waals surface area (Å²) in [6, 6.07) is 0. The number of carboxylic acids is 1. The summed E-state index contributed by atoms with van der Waals surface area (Å²) in [7, 11) is 0. The molecule has 0 radical (unpaired) electrons. The van der Waals surface area contributed by atoms with Crippen LogP contribution in [-0.4, -0.2) is 23.1 Å². The molecule has 0 saturated carbocycles. The Morgan fingerprint density at radius 3 is 1.82 bits per heavy atom. The Morgan fingerprint density at radius 1 is 0.786 bits per heavy atom. The number of carbonyl (C=O) groups excluding carboxylic acids is 1. The first kappa shape index (κ1) is 25.9. The predicted octanol–water partition coefficient (Wildman–Crippen LogP) is 6.54. The highest BCUT2D eigenvalue weighted by atomic mass is 16.5. The van der Waals surface area contributed by atoms with Crippen molar-refractivity contribution >= 4 is 11.9 Å². The molecule has 1 N–H and O–H groups in total. The molecule has 0 amide bonds. The third-order valence-electron chi connectivity index (χ3n) is 4.18. The smallest absolute Gasteiger partial charge is 0.306 e. The maximum atomic E-state index is 12.0. The quantitative estimate of drug-likeness (QED) is 0.286. The summed E-state index contributed by atoms with van der Waals surface area (Å²) >= 11 is 0. The minimum Gasteiger partial charge on any atom is -0.481 e. The molecule has 28 heavy (non-hydrogen) atoms. The third kappa shape index (κ3) is 16.1. The summed E-state index contributed by atoms with van der Waals surface area (Å²) < 4.78 is 5.54. The minimum atomic E-state index is -0.989. The van der Waals surface area contributed by atoms with Gasteiger partial charge in [-0.05, 0) is 73.3 Å². The van der Waals surface area contributed by atoms with Gasteiger partial charge in [-0.15, -0.1) is 0 Å². The number of hydrogen-bond acceptors (Lipinski definition) is 3. The van der Waals surface area contributed by atoms with E-state index in [-0.39, 0.29) is 18.9 Å². The van der Waals surface area contributed by atoms with Gasteiger partial charge in [-0.2, -0.15) is 0 Å². The van der Waals surface area contributed by atoms with Crippen molar-refractivity contribution in [3.05, 3.63) is 46.6 Å². The Morgan fingerprint density at radius 2 is 1.32 bits per heavy atom. The molecule has 1 unspecified atom stereocenters. The van der Waals surface area contributed by atoms with Gasteiger partial charge in [-0.3, -0.25) is 9.59 Å². The minimum absolute atomic E-state index is 0.0975. The SMILES string of the molecule is CC(C)=CCCC(C)=CCC(C=C(C)CCC=C(C)C)OC(=O)CCC(=O)O. The van der Waals surface area contributed by atoms with Gasteiger partial charge in [0.1, 0.15) is 6.10 Å². The fourth-order valence-corrected chi connectivity index (χ4v) is 2.58. The van der Waals surface area contributed by atoms with Gasteiger partial charge in [0.15, 0.2) is 0 Å². The van der Waals surface area contributed by atoms with E-state index < -0.39 is 11.9 Å². The van der Waals surface area contributed by atoms with Gasteiger partial charge in [-0.25, -0.2) is 0 Å². The number of rotatable bonds is 13. The fourth-order valence-electron chi connectivity index (χ4n) is 2.58. The molecule has 0 aromatic heterocycles. The number of carboxylic acid groups (broad SMARTS) is 1. The van der Waals surface area contributed by atoms with E-state index in [1.54, 1.807) is 0 Å². The van der Waals surface area contributed by atoms with Gasteiger partial charge < -0.3 is 9.84 Å². The van der Waals surface area contributed by atoms with Crippen LogP contribution in [0.5, 0.6) is 0 Å². The molecular formula is C24H38O4. The Labute approximate surface area is 171 Å². The molecule has 0 aliphatic rings. The first-order chi connectivity index (χ1) is 13.1. The molecule has 0 aromatic carbocycles. The van der Waals surface area contributed by atoms with Crippen molar-refractivity contribution in [1.82, 2.24) is 0 Å². The van der Waals surface area contributed by atoms with Crippen molar-refractivity contribution in [2.45, 2.75) is 92.6 Å². The molecule has 4 heteroatoms. The largest absolute Gasteiger partial charge is 0.481 e. The zero-order chi connectivity index (χ0) is 21.5. The Hall–Kier alpha value is -2.10. The summed E-state index contributed by atoms with van der Waals surface area (Å²) in [6.45, 7) is 12.5. The van der Waals surface area contributed by atoms with Crippen molar-refractivity contribution in [1.29, 1.82) is 0 Å². The van der Waals surface area contributed by atoms with Crippen molar-refractivity contribution < 1.29 is 19.4 Å². The molecule has 0 fully saturated rings. The van der Waals surface area contributed by atoms with Crippen LogP contribution in [0.2, 0.25) is 0 Å². The standard InChI is InChI=1S/C24H38O4/c1-18(2)9-7-11-20(5)13-14-22(28-24(27)16-15-23(25)26)17-21(6)12-8-10-19(3)4/h9-10,13,17,22H,7-8,11-12,14-16H2,1-6H3,(H,25,26). The Balaban J connectivity index is 4.95. The van der Waals surface area contributed by atoms with Gasteiger partial charge in [0.05, 0.1) is 12.8 Å². The summed E-state index contributed by atoms with van der Waals surface area (Å²) in [5.74, 6) is -1.45. The maximum Gasteiger partial charge on any atom is 0.306 e. The highest BCUT2D eigenvalue weighted by molar-refractivity contribution is 5.76. The molecule has 0 spiro atoms. The van der Waals surface area contributed by atoms with E-state index in [1.807, 2.05) is 13.0 Å². The van der Waals surface area contributed by atoms with Crippen LogP contribution in [0, 0.1) is 0 Å². The van der Waals surface area contributed by atoms with Crippen molar-refractivity contribution in [2.75, 3.05) is 0 Å². The normalized spacial score (nSPS) is 12.9. The van der Waals surface area contributed by atoms with Crippen molar-refractivity contribution in [3.63, 3.8) is 0 Å². The highest BCUT2D eigenvalue weighted by Crippen LogP contribution is 2.15. The molecule has 4 nitrogen and oxygen atoms in total. The molecule has 0 rings (SSSR count). The summed E-state index contributed by atoms with van der Waals surface area (Å²) in [5, 5.41) is 8.74. The van der Waals surface area contributed by atoms with Crippen LogP contribution in [-0.2, 0) is 14.3 Å². The molecule has 158 valence electrons. The Bertz CT molecular complexity index is 613. The monoisotopic (exact) mass is 390 g/mol. The second-order valence-electron chi connectivity index (χ2n) is 7.86. The van der Waals surface area contributed by atoms with Crippen LogP contribution in [0.1, 0.15) is 86.5 Å². The maximum absolute atomic E-state index is 12.0. The second-order valence-corrected chi connectivity index (χ2v) is 7.86. The zero-order valence-corrected chi connectivity index (χ0v) is 18.5. The summed E-state index contributed by atoms with van der Waals surface area (Å²) in [5.41, 5.74) is 5.04. The topological polar surface area (TPSA) is 63.6 Å². The number of hydrogen-bond donors (Lipinski definition) is 1. The zero-order valence-electron chi connectivity index (χ0n) is 18.5. The van der Waals surface area contributed by atoms with Gasteiger partial charge in [-0.1, -0.05) is 40.5 Å². The summed E-state index contributed by atoms with van der Waals surface area (Å²) in [4.78, 5) is 22.6. The number of esters is 1. The van der Waals surface area contributed by atoms with Crippen molar-refractivity contribution in [3.8, 4) is 0 Å². The van der Waals surface area contributed by atoms with Gasteiger partial charge in [0, 0.05) is 6.42 Å². The molecule has 0 aliphatic carbocycles. The van der Waals surface area contributed by atoms with Gasteiger partial charge in [0.2, 0.25) is 0 Å². The van der Waals surface area contributed by atoms with E-state index >= 15 is 0 Å². The average Bonchev–Trinajstić information content (AvgIpc) is 2.57. The number of allylic oxidation sites excluding steroid dienone is 6. The van der Waals surface area contributed by atoms with E-state index in [0.717, 1.165) is 25.7 Å². The number of aliphatic carboxylic acids is 1. The van der Waals surface area contributed by atoms with Crippen LogP contribution in [0.25, 0.3) is 0 Å². The van der Waals surface area contributed by atoms with Crippen LogP contribution in [0.3, 0.4) is 0 Å². The molecular weight excluding hydrogens is 352 g/mol. The van der Waals surface area contributed by atoms with Gasteiger partial charge >= 0.3 is 11.9 Å². The molecule has 0 saturated heterocycles. The van der Waals surface area contributed by atoms with E-state index in [2.05, 4.69) is 52.8 Å². The van der Waals surface area contributed by atoms with E-state index in [0.29, 0.717) is 6.42 Å². The summed E-state index contributed by atoms with van der Waals surface area (Å²) in [6.07, 6.45) is 12.3. The van der Waals surface area contributed by atoms with E-state index in [9.17, 15) is 9.59 Å². The van der Waals surface area contributed by atoms with Crippen LogP contribution in [0.15, 0.2) is 46.6 Å². The highest BCUT2D eigenvalue weighted by Gasteiger charge is 2.13. The Kier molecular flexibility index (Phi) is 13.8. The van der Waals surface area contributed by atoms with Crippen LogP contribution in [0.4, 0.5) is 0 Å². The second kappa shape index (κ2) is 14.9. The number of ether oxygens (including phenoxy) is 1. The van der Waals surface area contributed by atoms with Crippen molar-refractivity contribution in [2.24, 2.45) is 0 Å². The molecule has 0 aliphatic heterocycles. The first-order valence-corrected chi connectivity index (χ1v) is 10.1. The van der Waals surface area contributed by atoms with Crippen LogP contribution >= 0.6 is 0 Å². The lowest BCUT2D eigenvalue weighted by molar-refractivity contribution is -0.150. The third-order valence-corrected chi connectivity index (χ3v) is 4.18. The lowest BCUT2D eigenvalue weighted by atomic mass is 10.0. The molecule has 1 atom stereocenters. The molecule has 0 bridgehead atoms. The van der Waals surface area contributed by atoms with E-state index in [1.165, 1.54) is 22.3 Å². The average molecular weight is 391 g/mol. The predicted molar refractivity (Wildman–Crippen MR) is 116 cm³/mol. The molecule has 0 heterocycles. The lowest BCUT2D eigenvalue weighted by Gasteiger charge is -2.15. The number of carbonyl (C=O) groups is 2. The fraction of sp³-hybridized carbons (Fsp3) is 0.583. The molecule has 0 aromatic rings. The van der Waals surface area contributed by atoms with E-state index in [4.69, 9.17) is 9.84 Å². The van der Waals surface area contributed by atoms with Crippen LogP contribution < -0.4 is 0 Å².